The second-order valence-electron chi connectivity index (χ2n) is 6.21. The first-order chi connectivity index (χ1) is 13.2. The third-order valence-corrected chi connectivity index (χ3v) is 6.55. The van der Waals surface area contributed by atoms with Crippen molar-refractivity contribution < 1.29 is 22.7 Å². The molecule has 0 fully saturated rings. The van der Waals surface area contributed by atoms with Crippen LogP contribution in [0.15, 0.2) is 47.4 Å². The molecule has 150 valence electrons. The molecule has 2 N–H and O–H groups in total. The van der Waals surface area contributed by atoms with Crippen molar-refractivity contribution in [3.63, 3.8) is 0 Å². The van der Waals surface area contributed by atoms with Crippen LogP contribution in [-0.2, 0) is 21.4 Å². The van der Waals surface area contributed by atoms with Crippen LogP contribution < -0.4 is 5.73 Å². The summed E-state index contributed by atoms with van der Waals surface area (Å²) in [5, 5.41) is 0. The van der Waals surface area contributed by atoms with E-state index < -0.39 is 21.9 Å². The van der Waals surface area contributed by atoms with Crippen LogP contribution in [0.25, 0.3) is 0 Å². The molecule has 0 radical (unpaired) electrons. The fraction of sp³-hybridized carbons (Fsp3) is 0.300. The predicted molar refractivity (Wildman–Crippen MR) is 105 cm³/mol. The molecule has 0 spiro atoms. The second kappa shape index (κ2) is 8.99. The normalized spacial score (nSPS) is 11.4. The number of rotatable bonds is 8. The number of amides is 1. The molecule has 0 bridgehead atoms. The van der Waals surface area contributed by atoms with Crippen LogP contribution in [0, 0.1) is 6.92 Å². The number of carbonyl (C=O) groups is 2. The van der Waals surface area contributed by atoms with Gasteiger partial charge in [0.25, 0.3) is 0 Å². The summed E-state index contributed by atoms with van der Waals surface area (Å²) >= 11 is 0. The molecule has 0 atom stereocenters. The lowest BCUT2D eigenvalue weighted by molar-refractivity contribution is 0.0472. The summed E-state index contributed by atoms with van der Waals surface area (Å²) in [6, 6.07) is 10.8. The van der Waals surface area contributed by atoms with Crippen molar-refractivity contribution in [3.05, 3.63) is 64.7 Å². The molecule has 0 aliphatic carbocycles. The molecule has 0 aliphatic heterocycles. The Morgan fingerprint density at radius 2 is 1.57 bits per heavy atom. The van der Waals surface area contributed by atoms with Crippen LogP contribution in [0.1, 0.15) is 45.7 Å². The van der Waals surface area contributed by atoms with E-state index in [1.807, 2.05) is 0 Å². The average Bonchev–Trinajstić information content (AvgIpc) is 2.67. The zero-order valence-corrected chi connectivity index (χ0v) is 17.0. The summed E-state index contributed by atoms with van der Waals surface area (Å²) in [6.45, 7) is 5.88. The number of hydrogen-bond donors (Lipinski definition) is 1. The molecule has 28 heavy (non-hydrogen) atoms. The number of benzene rings is 2. The average molecular weight is 404 g/mol. The minimum absolute atomic E-state index is 0.0100. The highest BCUT2D eigenvalue weighted by Gasteiger charge is 2.25. The van der Waals surface area contributed by atoms with Crippen molar-refractivity contribution in [3.8, 4) is 0 Å². The lowest BCUT2D eigenvalue weighted by Gasteiger charge is -2.20. The van der Waals surface area contributed by atoms with Crippen molar-refractivity contribution in [1.82, 2.24) is 4.31 Å². The van der Waals surface area contributed by atoms with Gasteiger partial charge >= 0.3 is 5.97 Å². The summed E-state index contributed by atoms with van der Waals surface area (Å²) in [7, 11) is -3.69. The lowest BCUT2D eigenvalue weighted by Crippen LogP contribution is -2.31. The van der Waals surface area contributed by atoms with Gasteiger partial charge in [-0.3, -0.25) is 4.79 Å². The molecule has 0 aromatic heterocycles. The number of nitrogens with zero attached hydrogens (tertiary/aromatic N) is 1. The van der Waals surface area contributed by atoms with Crippen molar-refractivity contribution in [2.45, 2.75) is 32.3 Å². The van der Waals surface area contributed by atoms with E-state index in [1.54, 1.807) is 51.1 Å². The van der Waals surface area contributed by atoms with Gasteiger partial charge in [0.05, 0.1) is 10.5 Å². The van der Waals surface area contributed by atoms with Gasteiger partial charge in [-0.05, 0) is 42.3 Å². The minimum Gasteiger partial charge on any atom is -0.457 e. The molecule has 2 aromatic rings. The van der Waals surface area contributed by atoms with E-state index in [-0.39, 0.29) is 17.1 Å². The molecule has 2 rings (SSSR count). The number of esters is 1. The summed E-state index contributed by atoms with van der Waals surface area (Å²) in [6.07, 6.45) is 0. The zero-order valence-electron chi connectivity index (χ0n) is 16.1. The summed E-state index contributed by atoms with van der Waals surface area (Å²) in [4.78, 5) is 23.6. The number of aryl methyl sites for hydroxylation is 1. The fourth-order valence-electron chi connectivity index (χ4n) is 2.71. The largest absolute Gasteiger partial charge is 0.457 e. The van der Waals surface area contributed by atoms with Crippen LogP contribution in [0.3, 0.4) is 0 Å². The fourth-order valence-corrected chi connectivity index (χ4v) is 4.41. The third kappa shape index (κ3) is 4.76. The maximum absolute atomic E-state index is 12.8. The third-order valence-electron chi connectivity index (χ3n) is 4.36. The number of nitrogens with two attached hydrogens (primary N) is 1. The Morgan fingerprint density at radius 3 is 2.11 bits per heavy atom. The van der Waals surface area contributed by atoms with Gasteiger partial charge in [-0.1, -0.05) is 32.0 Å². The molecule has 8 heteroatoms. The van der Waals surface area contributed by atoms with Crippen molar-refractivity contribution in [2.75, 3.05) is 13.1 Å². The van der Waals surface area contributed by atoms with Gasteiger partial charge in [0.15, 0.2) is 0 Å². The van der Waals surface area contributed by atoms with Crippen LogP contribution >= 0.6 is 0 Å². The molecule has 1 amide bonds. The number of hydrogen-bond acceptors (Lipinski definition) is 5. The van der Waals surface area contributed by atoms with Gasteiger partial charge in [-0.25, -0.2) is 13.2 Å². The topological polar surface area (TPSA) is 107 Å². The Kier molecular flexibility index (Phi) is 6.93. The van der Waals surface area contributed by atoms with Gasteiger partial charge < -0.3 is 10.5 Å². The molecule has 0 saturated carbocycles. The van der Waals surface area contributed by atoms with E-state index in [9.17, 15) is 18.0 Å². The van der Waals surface area contributed by atoms with Gasteiger partial charge in [-0.2, -0.15) is 4.31 Å². The molecular formula is C20H24N2O5S. The second-order valence-corrected chi connectivity index (χ2v) is 8.11. The minimum atomic E-state index is -3.69. The standard InChI is InChI=1S/C20H24N2O5S/c1-4-22(5-2)28(25,26)18-12-17(9-6-14(18)3)20(24)27-13-15-7-10-16(11-8-15)19(21)23/h6-12H,4-5,13H2,1-3H3,(H2,21,23). The van der Waals surface area contributed by atoms with E-state index in [2.05, 4.69) is 0 Å². The van der Waals surface area contributed by atoms with Gasteiger partial charge in [0.2, 0.25) is 15.9 Å². The van der Waals surface area contributed by atoms with E-state index in [0.717, 1.165) is 0 Å². The Hall–Kier alpha value is -2.71. The predicted octanol–water partition coefficient (Wildman–Crippen LogP) is 2.48. The Morgan fingerprint density at radius 1 is 1.00 bits per heavy atom. The molecular weight excluding hydrogens is 380 g/mol. The van der Waals surface area contributed by atoms with Crippen LogP contribution in [0.4, 0.5) is 0 Å². The molecule has 0 saturated heterocycles. The zero-order chi connectivity index (χ0) is 20.9. The van der Waals surface area contributed by atoms with Gasteiger partial charge in [0, 0.05) is 18.7 Å². The number of sulfonamides is 1. The number of ether oxygens (including phenoxy) is 1. The number of primary amides is 1. The Bertz CT molecular complexity index is 965. The Labute approximate surface area is 165 Å². The first kappa shape index (κ1) is 21.6. The summed E-state index contributed by atoms with van der Waals surface area (Å²) in [5.74, 6) is -1.17. The molecule has 0 aliphatic rings. The summed E-state index contributed by atoms with van der Waals surface area (Å²) in [5.41, 5.74) is 6.95. The van der Waals surface area contributed by atoms with Gasteiger partial charge in [-0.15, -0.1) is 0 Å². The lowest BCUT2D eigenvalue weighted by atomic mass is 10.1. The van der Waals surface area contributed by atoms with Gasteiger partial charge in [0.1, 0.15) is 6.61 Å². The van der Waals surface area contributed by atoms with Crippen LogP contribution in [0.2, 0.25) is 0 Å². The van der Waals surface area contributed by atoms with E-state index >= 15 is 0 Å². The quantitative estimate of drug-likeness (QED) is 0.680. The highest BCUT2D eigenvalue weighted by atomic mass is 32.2. The van der Waals surface area contributed by atoms with E-state index in [1.165, 1.54) is 16.4 Å². The van der Waals surface area contributed by atoms with Crippen molar-refractivity contribution in [2.24, 2.45) is 5.73 Å². The first-order valence-electron chi connectivity index (χ1n) is 8.87. The number of carbonyl (C=O) groups excluding carboxylic acids is 2. The maximum Gasteiger partial charge on any atom is 0.338 e. The monoisotopic (exact) mass is 404 g/mol. The summed E-state index contributed by atoms with van der Waals surface area (Å²) < 4.78 is 32.2. The van der Waals surface area contributed by atoms with Crippen molar-refractivity contribution in [1.29, 1.82) is 0 Å². The molecule has 7 nitrogen and oxygen atoms in total. The van der Waals surface area contributed by atoms with E-state index in [4.69, 9.17) is 10.5 Å². The molecule has 0 unspecified atom stereocenters. The van der Waals surface area contributed by atoms with Crippen LogP contribution in [-0.4, -0.2) is 37.7 Å². The van der Waals surface area contributed by atoms with E-state index in [0.29, 0.717) is 29.8 Å². The maximum atomic E-state index is 12.8. The highest BCUT2D eigenvalue weighted by molar-refractivity contribution is 7.89. The highest BCUT2D eigenvalue weighted by Crippen LogP contribution is 2.22. The van der Waals surface area contributed by atoms with Crippen LogP contribution in [0.5, 0.6) is 0 Å². The van der Waals surface area contributed by atoms with Crippen molar-refractivity contribution >= 4 is 21.9 Å². The Balaban J connectivity index is 2.19. The SMILES string of the molecule is CCN(CC)S(=O)(=O)c1cc(C(=O)OCc2ccc(C(N)=O)cc2)ccc1C. The molecule has 2 aromatic carbocycles. The first-order valence-corrected chi connectivity index (χ1v) is 10.3. The smallest absolute Gasteiger partial charge is 0.338 e. The molecule has 0 heterocycles.